The lowest BCUT2D eigenvalue weighted by Gasteiger charge is -2.34. The molecule has 0 aliphatic heterocycles. The molecule has 13 aromatic rings. The van der Waals surface area contributed by atoms with Crippen LogP contribution in [-0.2, 0) is 18.5 Å². The molecule has 14 rings (SSSR count). The number of hydrogen-bond acceptors (Lipinski definition) is 4. The summed E-state index contributed by atoms with van der Waals surface area (Å²) in [5.74, 6) is 1.92. The molecule has 1 atom stereocenters. The van der Waals surface area contributed by atoms with E-state index in [4.69, 9.17) is 9.15 Å². The molecule has 1 unspecified atom stereocenters. The van der Waals surface area contributed by atoms with Gasteiger partial charge in [-0.1, -0.05) is 250 Å². The third kappa shape index (κ3) is 13.6. The van der Waals surface area contributed by atoms with Crippen molar-refractivity contribution in [1.29, 1.82) is 0 Å². The minimum Gasteiger partial charge on any atom is -0.494 e. The highest BCUT2D eigenvalue weighted by molar-refractivity contribution is 6.12. The number of unbranched alkanes of at least 4 members (excludes halogenated alkanes) is 17. The molecule has 0 radical (unpaired) electrons. The third-order valence-electron chi connectivity index (χ3n) is 21.3. The summed E-state index contributed by atoms with van der Waals surface area (Å²) < 4.78 is 18.2. The number of aryl methyl sites for hydroxylation is 5. The van der Waals surface area contributed by atoms with Crippen molar-refractivity contribution in [2.75, 3.05) is 6.61 Å². The average Bonchev–Trinajstić information content (AvgIpc) is 1.52. The van der Waals surface area contributed by atoms with Crippen LogP contribution in [0.4, 0.5) is 0 Å². The van der Waals surface area contributed by atoms with E-state index in [0.29, 0.717) is 11.8 Å². The van der Waals surface area contributed by atoms with Crippen LogP contribution in [0.3, 0.4) is 0 Å². The predicted molar refractivity (Wildman–Crippen MR) is 414 cm³/mol. The number of hydrogen-bond donors (Lipinski definition) is 0. The van der Waals surface area contributed by atoms with E-state index in [2.05, 4.69) is 237 Å². The fourth-order valence-electron chi connectivity index (χ4n) is 16.1. The van der Waals surface area contributed by atoms with Gasteiger partial charge in [-0.05, 0) is 209 Å². The molecule has 0 amide bonds. The highest BCUT2D eigenvalue weighted by Gasteiger charge is 2.47. The Morgan fingerprint density at radius 1 is 0.327 bits per heavy atom. The summed E-state index contributed by atoms with van der Waals surface area (Å²) in [4.78, 5) is 0. The Balaban J connectivity index is 0.876. The molecule has 1 aliphatic carbocycles. The van der Waals surface area contributed by atoms with E-state index in [-0.39, 0.29) is 0 Å². The first-order valence-corrected chi connectivity index (χ1v) is 37.4. The largest absolute Gasteiger partial charge is 0.494 e. The zero-order chi connectivity index (χ0) is 67.0. The summed E-state index contributed by atoms with van der Waals surface area (Å²) in [5, 5.41) is 14.4. The number of fused-ring (bicyclic) bond motifs is 9. The molecule has 3 aromatic heterocycles. The number of benzene rings is 10. The quantitative estimate of drug-likeness (QED) is 0.0406. The number of aromatic nitrogens is 4. The van der Waals surface area contributed by atoms with E-state index in [0.717, 1.165) is 66.1 Å². The number of nitrogens with zero attached hydrogens (tertiary/aromatic N) is 4. The molecular weight excluding hydrogens is 1190 g/mol. The van der Waals surface area contributed by atoms with Gasteiger partial charge in [0.25, 0.3) is 0 Å². The van der Waals surface area contributed by atoms with Crippen LogP contribution in [-0.4, -0.2) is 25.9 Å². The first-order valence-electron chi connectivity index (χ1n) is 37.4. The lowest BCUT2D eigenvalue weighted by molar-refractivity contribution is 0.304. The Kier molecular flexibility index (Phi) is 20.4. The van der Waals surface area contributed by atoms with Crippen molar-refractivity contribution in [3.63, 3.8) is 0 Å². The average molecular weight is 1290 g/mol. The molecule has 3 heterocycles. The topological polar surface area (TPSA) is 58.0 Å². The normalized spacial score (nSPS) is 13.6. The zero-order valence-corrected chi connectivity index (χ0v) is 59.0. The SMILES string of the molecule is CCCCCCCCCCOc1ccc(C2(c3ccc(C)cc3)c3cc(-c4cc(C)cc(-c5nnc(-c6ccccc6)o5)c4)ccc3-c3ccc(-c4ccc5c(c4)c4cc(-c6ccc7c(c6)c6cc(C)ccc6n7CCCCCCCC)ccc4n5CCCCCCCC)cc32)cc1. The van der Waals surface area contributed by atoms with E-state index in [1.807, 2.05) is 30.3 Å². The van der Waals surface area contributed by atoms with Crippen molar-refractivity contribution in [3.8, 4) is 73.2 Å². The third-order valence-corrected chi connectivity index (χ3v) is 21.3. The van der Waals surface area contributed by atoms with Gasteiger partial charge in [-0.15, -0.1) is 10.2 Å². The second-order valence-electron chi connectivity index (χ2n) is 28.4. The van der Waals surface area contributed by atoms with Gasteiger partial charge in [0.1, 0.15) is 5.75 Å². The molecular formula is C92H98N4O2. The van der Waals surface area contributed by atoms with Gasteiger partial charge in [-0.3, -0.25) is 0 Å². The van der Waals surface area contributed by atoms with E-state index in [1.54, 1.807) is 0 Å². The second-order valence-corrected chi connectivity index (χ2v) is 28.4. The summed E-state index contributed by atoms with van der Waals surface area (Å²) in [6.45, 7) is 16.2. The second kappa shape index (κ2) is 30.2. The minimum absolute atomic E-state index is 0.501. The van der Waals surface area contributed by atoms with E-state index < -0.39 is 5.41 Å². The van der Waals surface area contributed by atoms with Crippen molar-refractivity contribution >= 4 is 43.6 Å². The molecule has 0 bridgehead atoms. The Morgan fingerprint density at radius 3 is 1.26 bits per heavy atom. The Bertz CT molecular complexity index is 4890. The maximum atomic E-state index is 6.58. The molecule has 98 heavy (non-hydrogen) atoms. The molecule has 498 valence electrons. The van der Waals surface area contributed by atoms with Crippen LogP contribution in [0.25, 0.3) is 111 Å². The predicted octanol–water partition coefficient (Wildman–Crippen LogP) is 26.1. The van der Waals surface area contributed by atoms with E-state index >= 15 is 0 Å². The maximum absolute atomic E-state index is 6.58. The van der Waals surface area contributed by atoms with Gasteiger partial charge >= 0.3 is 0 Å². The smallest absolute Gasteiger partial charge is 0.248 e. The Morgan fingerprint density at radius 2 is 0.735 bits per heavy atom. The summed E-state index contributed by atoms with van der Waals surface area (Å²) >= 11 is 0. The summed E-state index contributed by atoms with van der Waals surface area (Å²) in [6, 6.07) is 78.6. The van der Waals surface area contributed by atoms with Crippen molar-refractivity contribution in [3.05, 3.63) is 245 Å². The van der Waals surface area contributed by atoms with Gasteiger partial charge in [0, 0.05) is 67.8 Å². The molecule has 0 saturated heterocycles. The zero-order valence-electron chi connectivity index (χ0n) is 59.0. The van der Waals surface area contributed by atoms with Gasteiger partial charge in [0.2, 0.25) is 11.8 Å². The van der Waals surface area contributed by atoms with E-state index in [1.165, 1.54) is 226 Å². The molecule has 1 aliphatic rings. The Labute approximate surface area is 582 Å². The van der Waals surface area contributed by atoms with Gasteiger partial charge in [-0.25, -0.2) is 0 Å². The number of ether oxygens (including phenoxy) is 1. The van der Waals surface area contributed by atoms with Crippen LogP contribution < -0.4 is 4.74 Å². The fourth-order valence-corrected chi connectivity index (χ4v) is 16.1. The van der Waals surface area contributed by atoms with Crippen molar-refractivity contribution < 1.29 is 9.15 Å². The lowest BCUT2D eigenvalue weighted by Crippen LogP contribution is -2.28. The summed E-state index contributed by atoms with van der Waals surface area (Å²) in [5.41, 5.74) is 24.6. The highest BCUT2D eigenvalue weighted by atomic mass is 16.5. The van der Waals surface area contributed by atoms with Crippen LogP contribution in [0.5, 0.6) is 5.75 Å². The monoisotopic (exact) mass is 1290 g/mol. The van der Waals surface area contributed by atoms with Crippen molar-refractivity contribution in [2.24, 2.45) is 0 Å². The summed E-state index contributed by atoms with van der Waals surface area (Å²) in [7, 11) is 0. The van der Waals surface area contributed by atoms with Crippen LogP contribution in [0, 0.1) is 20.8 Å². The molecule has 0 N–H and O–H groups in total. The van der Waals surface area contributed by atoms with Crippen LogP contribution >= 0.6 is 0 Å². The van der Waals surface area contributed by atoms with Crippen LogP contribution in [0.1, 0.15) is 188 Å². The molecule has 0 fully saturated rings. The molecule has 6 nitrogen and oxygen atoms in total. The molecule has 6 heteroatoms. The van der Waals surface area contributed by atoms with E-state index in [9.17, 15) is 0 Å². The molecule has 0 saturated carbocycles. The van der Waals surface area contributed by atoms with Gasteiger partial charge in [0.15, 0.2) is 0 Å². The van der Waals surface area contributed by atoms with Gasteiger partial charge in [0.05, 0.1) is 12.0 Å². The first-order chi connectivity index (χ1) is 48.2. The Hall–Kier alpha value is -9.26. The van der Waals surface area contributed by atoms with Gasteiger partial charge in [-0.2, -0.15) is 0 Å². The fraction of sp³-hybridized carbons (Fsp3) is 0.326. The maximum Gasteiger partial charge on any atom is 0.248 e. The lowest BCUT2D eigenvalue weighted by atomic mass is 9.67. The first kappa shape index (κ1) is 66.0. The van der Waals surface area contributed by atoms with Crippen LogP contribution in [0.15, 0.2) is 211 Å². The highest BCUT2D eigenvalue weighted by Crippen LogP contribution is 2.58. The van der Waals surface area contributed by atoms with Crippen molar-refractivity contribution in [2.45, 2.75) is 188 Å². The van der Waals surface area contributed by atoms with Crippen molar-refractivity contribution in [1.82, 2.24) is 19.3 Å². The summed E-state index contributed by atoms with van der Waals surface area (Å²) in [6.07, 6.45) is 25.4. The standard InChI is InChI=1S/C92H98N4O2/c1-7-10-13-16-19-20-23-29-54-97-77-44-42-76(43-45-77)92(75-40-32-64(4)33-41-75)84-62-71(35-46-78(84)79-47-36-72(63-85(79)92)73-55-66(6)56-74(58-73)91-94-93-90(98-91)67-30-25-24-26-31-67)70-39-51-89-83(61-70)82-60-69(38-50-88(82)96(89)53-28-22-18-15-12-9-3)68-37-49-87-81(59-68)80-57-65(5)34-48-86(80)95(87)52-27-21-17-14-11-8-2/h24-26,30-51,55-63H,7-23,27-29,52-54H2,1-6H3. The van der Waals surface area contributed by atoms with Gasteiger partial charge < -0.3 is 18.3 Å². The van der Waals surface area contributed by atoms with Crippen LogP contribution in [0.2, 0.25) is 0 Å². The minimum atomic E-state index is -0.697. The molecule has 10 aromatic carbocycles. The molecule has 0 spiro atoms. The number of rotatable bonds is 31.